The summed E-state index contributed by atoms with van der Waals surface area (Å²) in [6, 6.07) is 7.64. The van der Waals surface area contributed by atoms with E-state index in [0.717, 1.165) is 10.6 Å². The molecule has 0 atom stereocenters. The zero-order valence-electron chi connectivity index (χ0n) is 7.98. The molecule has 0 amide bonds. The summed E-state index contributed by atoms with van der Waals surface area (Å²) in [6.45, 7) is 0. The lowest BCUT2D eigenvalue weighted by Gasteiger charge is -2.01. The van der Waals surface area contributed by atoms with Crippen LogP contribution in [-0.4, -0.2) is 21.0 Å². The summed E-state index contributed by atoms with van der Waals surface area (Å²) < 4.78 is 1.79. The van der Waals surface area contributed by atoms with Crippen molar-refractivity contribution in [2.75, 3.05) is 6.26 Å². The van der Waals surface area contributed by atoms with E-state index in [4.69, 9.17) is 12.2 Å². The molecule has 0 spiro atoms. The molecule has 1 heterocycles. The fourth-order valence-electron chi connectivity index (χ4n) is 1.28. The lowest BCUT2D eigenvalue weighted by molar-refractivity contribution is 0.973. The number of hydrogen-bond donors (Lipinski definition) is 2. The van der Waals surface area contributed by atoms with Gasteiger partial charge in [0, 0.05) is 4.90 Å². The Balaban J connectivity index is 2.55. The monoisotopic (exact) mass is 239 g/mol. The van der Waals surface area contributed by atoms with Crippen molar-refractivity contribution in [2.24, 2.45) is 0 Å². The van der Waals surface area contributed by atoms with Gasteiger partial charge in [-0.2, -0.15) is 0 Å². The predicted octanol–water partition coefficient (Wildman–Crippen LogP) is 1.95. The van der Waals surface area contributed by atoms with Crippen molar-refractivity contribution in [3.63, 3.8) is 0 Å². The van der Waals surface area contributed by atoms with Crippen LogP contribution in [0.25, 0.3) is 5.69 Å². The lowest BCUT2D eigenvalue weighted by Crippen LogP contribution is -2.14. The van der Waals surface area contributed by atoms with Crippen molar-refractivity contribution in [1.82, 2.24) is 14.8 Å². The number of rotatable bonds is 2. The zero-order chi connectivity index (χ0) is 10.8. The number of H-pyrrole nitrogens is 2. The van der Waals surface area contributed by atoms with Crippen molar-refractivity contribution in [3.05, 3.63) is 39.5 Å². The van der Waals surface area contributed by atoms with E-state index in [2.05, 4.69) is 10.2 Å². The van der Waals surface area contributed by atoms with Gasteiger partial charge in [0.15, 0.2) is 0 Å². The van der Waals surface area contributed by atoms with E-state index in [0.29, 0.717) is 4.77 Å². The van der Waals surface area contributed by atoms with E-state index in [1.165, 1.54) is 4.57 Å². The Morgan fingerprint density at radius 1 is 1.27 bits per heavy atom. The SMILES string of the molecule is CSc1ccc(-n2c(=O)[nH][nH]c2=S)cc1. The van der Waals surface area contributed by atoms with Gasteiger partial charge in [0.05, 0.1) is 5.69 Å². The fraction of sp³-hybridized carbons (Fsp3) is 0.111. The molecule has 2 aromatic rings. The minimum Gasteiger partial charge on any atom is -0.272 e. The van der Waals surface area contributed by atoms with E-state index in [-0.39, 0.29) is 5.69 Å². The Hall–Kier alpha value is -1.27. The Morgan fingerprint density at radius 3 is 2.40 bits per heavy atom. The van der Waals surface area contributed by atoms with Crippen molar-refractivity contribution in [2.45, 2.75) is 4.90 Å². The third-order valence-electron chi connectivity index (χ3n) is 2.01. The summed E-state index contributed by atoms with van der Waals surface area (Å²) in [7, 11) is 0. The Labute approximate surface area is 95.3 Å². The molecular formula is C9H9N3OS2. The van der Waals surface area contributed by atoms with Gasteiger partial charge in [-0.1, -0.05) is 0 Å². The molecule has 4 nitrogen and oxygen atoms in total. The van der Waals surface area contributed by atoms with Gasteiger partial charge in [0.25, 0.3) is 0 Å². The van der Waals surface area contributed by atoms with Crippen LogP contribution in [0.1, 0.15) is 0 Å². The minimum absolute atomic E-state index is 0.253. The molecule has 78 valence electrons. The largest absolute Gasteiger partial charge is 0.347 e. The maximum atomic E-state index is 11.4. The van der Waals surface area contributed by atoms with Gasteiger partial charge < -0.3 is 0 Å². The first kappa shape index (κ1) is 10.3. The average molecular weight is 239 g/mol. The van der Waals surface area contributed by atoms with E-state index < -0.39 is 0 Å². The van der Waals surface area contributed by atoms with Crippen LogP contribution in [0.4, 0.5) is 0 Å². The molecule has 1 aromatic carbocycles. The second-order valence-electron chi connectivity index (χ2n) is 2.89. The molecule has 2 N–H and O–H groups in total. The quantitative estimate of drug-likeness (QED) is 0.622. The number of benzene rings is 1. The van der Waals surface area contributed by atoms with Crippen LogP contribution < -0.4 is 5.69 Å². The molecule has 0 aliphatic carbocycles. The number of hydrogen-bond acceptors (Lipinski definition) is 3. The molecule has 1 aromatic heterocycles. The highest BCUT2D eigenvalue weighted by Gasteiger charge is 2.02. The molecule has 0 fully saturated rings. The van der Waals surface area contributed by atoms with Crippen molar-refractivity contribution in [1.29, 1.82) is 0 Å². The van der Waals surface area contributed by atoms with Gasteiger partial charge in [0.2, 0.25) is 4.77 Å². The standard InChI is InChI=1S/C9H9N3OS2/c1-15-7-4-2-6(3-5-7)12-8(13)10-11-9(12)14/h2-5H,1H3,(H,10,13)(H,11,14). The first-order valence-corrected chi connectivity index (χ1v) is 5.90. The van der Waals surface area contributed by atoms with E-state index in [1.54, 1.807) is 11.8 Å². The number of nitrogens with zero attached hydrogens (tertiary/aromatic N) is 1. The summed E-state index contributed by atoms with van der Waals surface area (Å²) in [5.41, 5.74) is 0.511. The molecular weight excluding hydrogens is 230 g/mol. The normalized spacial score (nSPS) is 10.5. The van der Waals surface area contributed by atoms with E-state index in [9.17, 15) is 4.79 Å². The summed E-state index contributed by atoms with van der Waals surface area (Å²) >= 11 is 6.64. The summed E-state index contributed by atoms with van der Waals surface area (Å²) in [5, 5.41) is 5.04. The predicted molar refractivity (Wildman–Crippen MR) is 63.4 cm³/mol. The maximum Gasteiger partial charge on any atom is 0.347 e. The van der Waals surface area contributed by atoms with Crippen LogP contribution in [0.2, 0.25) is 0 Å². The smallest absolute Gasteiger partial charge is 0.272 e. The topological polar surface area (TPSA) is 53.6 Å². The zero-order valence-corrected chi connectivity index (χ0v) is 9.61. The van der Waals surface area contributed by atoms with Gasteiger partial charge in [-0.25, -0.2) is 14.5 Å². The highest BCUT2D eigenvalue weighted by atomic mass is 32.2. The fourth-order valence-corrected chi connectivity index (χ4v) is 1.92. The molecule has 0 saturated heterocycles. The highest BCUT2D eigenvalue weighted by Crippen LogP contribution is 2.16. The molecule has 0 aliphatic rings. The number of thioether (sulfide) groups is 1. The Kier molecular flexibility index (Phi) is 2.79. The summed E-state index contributed by atoms with van der Waals surface area (Å²) in [4.78, 5) is 12.5. The van der Waals surface area contributed by atoms with Gasteiger partial charge >= 0.3 is 5.69 Å². The molecule has 6 heteroatoms. The van der Waals surface area contributed by atoms with Crippen LogP contribution in [0.5, 0.6) is 0 Å². The molecule has 0 unspecified atom stereocenters. The van der Waals surface area contributed by atoms with E-state index in [1.807, 2.05) is 30.5 Å². The maximum absolute atomic E-state index is 11.4. The molecule has 15 heavy (non-hydrogen) atoms. The molecule has 0 bridgehead atoms. The van der Waals surface area contributed by atoms with Gasteiger partial charge in [-0.05, 0) is 42.7 Å². The van der Waals surface area contributed by atoms with Crippen LogP contribution in [-0.2, 0) is 0 Å². The van der Waals surface area contributed by atoms with Gasteiger partial charge in [-0.15, -0.1) is 11.8 Å². The third kappa shape index (κ3) is 1.91. The first-order valence-electron chi connectivity index (χ1n) is 4.26. The van der Waals surface area contributed by atoms with E-state index >= 15 is 0 Å². The summed E-state index contributed by atoms with van der Waals surface area (Å²) in [6.07, 6.45) is 2.00. The molecule has 2 rings (SSSR count). The second-order valence-corrected chi connectivity index (χ2v) is 4.16. The average Bonchev–Trinajstić information content (AvgIpc) is 2.59. The van der Waals surface area contributed by atoms with Gasteiger partial charge in [0.1, 0.15) is 0 Å². The third-order valence-corrected chi connectivity index (χ3v) is 3.04. The molecule has 0 radical (unpaired) electrons. The number of aromatic amines is 2. The van der Waals surface area contributed by atoms with Crippen LogP contribution in [0.3, 0.4) is 0 Å². The summed E-state index contributed by atoms with van der Waals surface area (Å²) in [5.74, 6) is 0. The lowest BCUT2D eigenvalue weighted by atomic mass is 10.3. The molecule has 0 aliphatic heterocycles. The molecule has 0 saturated carbocycles. The van der Waals surface area contributed by atoms with Crippen molar-refractivity contribution in [3.8, 4) is 5.69 Å². The Morgan fingerprint density at radius 2 is 1.93 bits per heavy atom. The van der Waals surface area contributed by atoms with Crippen LogP contribution in [0.15, 0.2) is 34.0 Å². The second kappa shape index (κ2) is 4.08. The number of nitrogens with one attached hydrogen (secondary N) is 2. The van der Waals surface area contributed by atoms with Crippen molar-refractivity contribution < 1.29 is 0 Å². The first-order chi connectivity index (χ1) is 7.22. The van der Waals surface area contributed by atoms with Gasteiger partial charge in [-0.3, -0.25) is 5.10 Å². The number of aromatic nitrogens is 3. The van der Waals surface area contributed by atoms with Crippen LogP contribution >= 0.6 is 24.0 Å². The highest BCUT2D eigenvalue weighted by molar-refractivity contribution is 7.98. The Bertz CT molecular complexity index is 537. The van der Waals surface area contributed by atoms with Crippen molar-refractivity contribution >= 4 is 24.0 Å². The minimum atomic E-state index is -0.253. The van der Waals surface area contributed by atoms with Crippen LogP contribution in [0, 0.1) is 4.77 Å².